The third-order valence-corrected chi connectivity index (χ3v) is 3.93. The molecule has 0 heterocycles. The number of nitrogens with one attached hydrogen (secondary N) is 1. The van der Waals surface area contributed by atoms with Gasteiger partial charge in [0.15, 0.2) is 0 Å². The van der Waals surface area contributed by atoms with E-state index in [0.717, 1.165) is 25.9 Å². The van der Waals surface area contributed by atoms with Crippen molar-refractivity contribution in [2.75, 3.05) is 23.3 Å². The van der Waals surface area contributed by atoms with E-state index >= 15 is 0 Å². The van der Waals surface area contributed by atoms with E-state index in [4.69, 9.17) is 0 Å². The Morgan fingerprint density at radius 1 is 1.04 bits per heavy atom. The Morgan fingerprint density at radius 2 is 1.69 bits per heavy atom. The first kappa shape index (κ1) is 19.4. The zero-order chi connectivity index (χ0) is 19.1. The quantitative estimate of drug-likeness (QED) is 0.734. The fourth-order valence-corrected chi connectivity index (χ4v) is 2.80. The van der Waals surface area contributed by atoms with Crippen molar-refractivity contribution in [2.24, 2.45) is 0 Å². The van der Waals surface area contributed by atoms with Gasteiger partial charge in [0.25, 0.3) is 5.91 Å². The molecule has 0 bridgehead atoms. The van der Waals surface area contributed by atoms with Gasteiger partial charge >= 0.3 is 5.97 Å². The molecule has 0 radical (unpaired) electrons. The Balaban J connectivity index is 2.31. The van der Waals surface area contributed by atoms with E-state index in [-0.39, 0.29) is 11.1 Å². The number of carbonyl (C=O) groups excluding carboxylic acids is 1. The lowest BCUT2D eigenvalue weighted by Gasteiger charge is -2.25. The molecule has 0 aliphatic rings. The molecule has 0 unspecified atom stereocenters. The van der Waals surface area contributed by atoms with Gasteiger partial charge in [-0.3, -0.25) is 4.79 Å². The number of halogens is 1. The Bertz CT molecular complexity index is 786. The number of carboxylic acid groups (broad SMARTS) is 1. The van der Waals surface area contributed by atoms with Gasteiger partial charge in [-0.25, -0.2) is 9.18 Å². The maximum Gasteiger partial charge on any atom is 0.337 e. The van der Waals surface area contributed by atoms with Crippen LogP contribution < -0.4 is 10.2 Å². The van der Waals surface area contributed by atoms with Gasteiger partial charge in [0.05, 0.1) is 16.8 Å². The van der Waals surface area contributed by atoms with Crippen LogP contribution in [-0.2, 0) is 0 Å². The van der Waals surface area contributed by atoms with E-state index in [1.54, 1.807) is 18.2 Å². The molecule has 0 aromatic heterocycles. The van der Waals surface area contributed by atoms with Gasteiger partial charge in [-0.15, -0.1) is 0 Å². The summed E-state index contributed by atoms with van der Waals surface area (Å²) in [4.78, 5) is 25.9. The highest BCUT2D eigenvalue weighted by Crippen LogP contribution is 2.26. The van der Waals surface area contributed by atoms with E-state index in [2.05, 4.69) is 5.32 Å². The molecule has 0 spiro atoms. The summed E-state index contributed by atoms with van der Waals surface area (Å²) >= 11 is 0. The first-order valence-corrected chi connectivity index (χ1v) is 8.66. The number of carboxylic acids is 1. The fraction of sp³-hybridized carbons (Fsp3) is 0.300. The highest BCUT2D eigenvalue weighted by atomic mass is 19.1. The van der Waals surface area contributed by atoms with Gasteiger partial charge < -0.3 is 15.3 Å². The minimum atomic E-state index is -1.07. The molecular formula is C20H23FN2O3. The van der Waals surface area contributed by atoms with Gasteiger partial charge in [0, 0.05) is 18.8 Å². The summed E-state index contributed by atoms with van der Waals surface area (Å²) in [6.07, 6.45) is 1.79. The fourth-order valence-electron chi connectivity index (χ4n) is 2.80. The maximum atomic E-state index is 13.7. The van der Waals surface area contributed by atoms with Gasteiger partial charge in [0.2, 0.25) is 0 Å². The average Bonchev–Trinajstić information content (AvgIpc) is 2.61. The topological polar surface area (TPSA) is 69.6 Å². The second-order valence-corrected chi connectivity index (χ2v) is 5.96. The van der Waals surface area contributed by atoms with Crippen molar-refractivity contribution in [1.29, 1.82) is 0 Å². The van der Waals surface area contributed by atoms with Crippen molar-refractivity contribution in [3.8, 4) is 0 Å². The van der Waals surface area contributed by atoms with Crippen LogP contribution in [-0.4, -0.2) is 30.1 Å². The Hall–Kier alpha value is -2.89. The largest absolute Gasteiger partial charge is 0.478 e. The smallest absolute Gasteiger partial charge is 0.337 e. The predicted molar refractivity (Wildman–Crippen MR) is 101 cm³/mol. The van der Waals surface area contributed by atoms with E-state index in [9.17, 15) is 19.1 Å². The molecule has 1 amide bonds. The monoisotopic (exact) mass is 358 g/mol. The Morgan fingerprint density at radius 3 is 2.27 bits per heavy atom. The van der Waals surface area contributed by atoms with Crippen LogP contribution in [0.15, 0.2) is 42.5 Å². The van der Waals surface area contributed by atoms with Crippen LogP contribution in [0, 0.1) is 5.82 Å². The maximum absolute atomic E-state index is 13.7. The van der Waals surface area contributed by atoms with Crippen LogP contribution in [0.25, 0.3) is 0 Å². The number of nitrogens with zero attached hydrogens (tertiary/aromatic N) is 1. The predicted octanol–water partition coefficient (Wildman–Crippen LogP) is 4.40. The Kier molecular flexibility index (Phi) is 6.72. The number of aromatic carboxylic acids is 1. The molecule has 0 saturated carbocycles. The summed E-state index contributed by atoms with van der Waals surface area (Å²) < 4.78 is 13.7. The van der Waals surface area contributed by atoms with Crippen molar-refractivity contribution in [2.45, 2.75) is 26.7 Å². The van der Waals surface area contributed by atoms with Crippen LogP contribution >= 0.6 is 0 Å². The SMILES string of the molecule is CCCN(CCC)c1ccc(NC(=O)c2ccccc2F)cc1C(=O)O. The molecule has 6 heteroatoms. The molecule has 5 nitrogen and oxygen atoms in total. The summed E-state index contributed by atoms with van der Waals surface area (Å²) in [5.41, 5.74) is 0.947. The molecule has 0 saturated heterocycles. The Labute approximate surface area is 152 Å². The van der Waals surface area contributed by atoms with Gasteiger partial charge in [-0.05, 0) is 43.2 Å². The number of rotatable bonds is 8. The van der Waals surface area contributed by atoms with Gasteiger partial charge in [-0.2, -0.15) is 0 Å². The summed E-state index contributed by atoms with van der Waals surface area (Å²) in [5.74, 6) is -2.32. The summed E-state index contributed by atoms with van der Waals surface area (Å²) in [7, 11) is 0. The molecule has 0 aliphatic heterocycles. The molecule has 2 aromatic rings. The highest BCUT2D eigenvalue weighted by Gasteiger charge is 2.18. The van der Waals surface area contributed by atoms with Crippen LogP contribution in [0.4, 0.5) is 15.8 Å². The van der Waals surface area contributed by atoms with Crippen molar-refractivity contribution in [1.82, 2.24) is 0 Å². The van der Waals surface area contributed by atoms with E-state index in [1.165, 1.54) is 24.3 Å². The van der Waals surface area contributed by atoms with Crippen molar-refractivity contribution in [3.05, 3.63) is 59.4 Å². The minimum absolute atomic E-state index is 0.0907. The number of amides is 1. The lowest BCUT2D eigenvalue weighted by atomic mass is 10.1. The van der Waals surface area contributed by atoms with Crippen LogP contribution in [0.5, 0.6) is 0 Å². The molecule has 2 aromatic carbocycles. The number of hydrogen-bond donors (Lipinski definition) is 2. The highest BCUT2D eigenvalue weighted by molar-refractivity contribution is 6.05. The zero-order valence-corrected chi connectivity index (χ0v) is 15.0. The van der Waals surface area contributed by atoms with Crippen LogP contribution in [0.3, 0.4) is 0 Å². The molecule has 0 fully saturated rings. The minimum Gasteiger partial charge on any atom is -0.478 e. The number of benzene rings is 2. The lowest BCUT2D eigenvalue weighted by molar-refractivity contribution is 0.0697. The second kappa shape index (κ2) is 8.99. The van der Waals surface area contributed by atoms with E-state index in [0.29, 0.717) is 11.4 Å². The standard InChI is InChI=1S/C20H23FN2O3/c1-3-11-23(12-4-2)18-10-9-14(13-16(18)20(25)26)22-19(24)15-7-5-6-8-17(15)21/h5-10,13H,3-4,11-12H2,1-2H3,(H,22,24)(H,25,26). The third kappa shape index (κ3) is 4.59. The van der Waals surface area contributed by atoms with E-state index < -0.39 is 17.7 Å². The first-order chi connectivity index (χ1) is 12.5. The molecular weight excluding hydrogens is 335 g/mol. The molecule has 0 atom stereocenters. The average molecular weight is 358 g/mol. The molecule has 2 N–H and O–H groups in total. The molecule has 26 heavy (non-hydrogen) atoms. The van der Waals surface area contributed by atoms with Crippen molar-refractivity contribution >= 4 is 23.3 Å². The zero-order valence-electron chi connectivity index (χ0n) is 15.0. The third-order valence-electron chi connectivity index (χ3n) is 3.93. The molecule has 138 valence electrons. The molecule has 0 aliphatic carbocycles. The van der Waals surface area contributed by atoms with Crippen molar-refractivity contribution in [3.63, 3.8) is 0 Å². The van der Waals surface area contributed by atoms with Gasteiger partial charge in [0.1, 0.15) is 5.82 Å². The van der Waals surface area contributed by atoms with Crippen LogP contribution in [0.1, 0.15) is 47.4 Å². The molecule has 2 rings (SSSR count). The van der Waals surface area contributed by atoms with Crippen LogP contribution in [0.2, 0.25) is 0 Å². The normalized spacial score (nSPS) is 10.4. The number of anilines is 2. The lowest BCUT2D eigenvalue weighted by Crippen LogP contribution is -2.27. The van der Waals surface area contributed by atoms with E-state index in [1.807, 2.05) is 18.7 Å². The number of hydrogen-bond acceptors (Lipinski definition) is 3. The summed E-state index contributed by atoms with van der Waals surface area (Å²) in [6, 6.07) is 10.4. The number of carbonyl (C=O) groups is 2. The summed E-state index contributed by atoms with van der Waals surface area (Å²) in [5, 5.41) is 12.1. The second-order valence-electron chi connectivity index (χ2n) is 5.96. The van der Waals surface area contributed by atoms with Crippen molar-refractivity contribution < 1.29 is 19.1 Å². The van der Waals surface area contributed by atoms with Gasteiger partial charge in [-0.1, -0.05) is 26.0 Å². The first-order valence-electron chi connectivity index (χ1n) is 8.66. The summed E-state index contributed by atoms with van der Waals surface area (Å²) in [6.45, 7) is 5.56.